The van der Waals surface area contributed by atoms with Crippen LogP contribution in [0, 0.1) is 23.6 Å². The first-order valence-corrected chi connectivity index (χ1v) is 6.35. The lowest BCUT2D eigenvalue weighted by atomic mass is 10.1. The van der Waals surface area contributed by atoms with E-state index in [1.807, 2.05) is 19.2 Å². The van der Waals surface area contributed by atoms with E-state index in [1.54, 1.807) is 0 Å². The van der Waals surface area contributed by atoms with Crippen molar-refractivity contribution in [2.24, 2.45) is 11.7 Å². The highest BCUT2D eigenvalue weighted by Gasteiger charge is 2.22. The van der Waals surface area contributed by atoms with Gasteiger partial charge in [-0.15, -0.1) is 0 Å². The summed E-state index contributed by atoms with van der Waals surface area (Å²) in [5.74, 6) is 6.21. The molecule has 0 amide bonds. The third kappa shape index (κ3) is 3.83. The van der Waals surface area contributed by atoms with Crippen molar-refractivity contribution in [3.63, 3.8) is 0 Å². The van der Waals surface area contributed by atoms with Crippen molar-refractivity contribution in [1.82, 2.24) is 4.90 Å². The highest BCUT2D eigenvalue weighted by Crippen LogP contribution is 2.29. The first-order valence-electron chi connectivity index (χ1n) is 6.35. The minimum Gasteiger partial charge on any atom is -0.320 e. The summed E-state index contributed by atoms with van der Waals surface area (Å²) in [4.78, 5) is 2.18. The van der Waals surface area contributed by atoms with E-state index in [4.69, 9.17) is 5.73 Å². The van der Waals surface area contributed by atoms with Gasteiger partial charge in [-0.25, -0.2) is 4.39 Å². The van der Waals surface area contributed by atoms with E-state index >= 15 is 0 Å². The fourth-order valence-electron chi connectivity index (χ4n) is 2.00. The van der Waals surface area contributed by atoms with Gasteiger partial charge in [0.25, 0.3) is 0 Å². The van der Waals surface area contributed by atoms with E-state index < -0.39 is 0 Å². The second-order valence-electron chi connectivity index (χ2n) is 4.95. The van der Waals surface area contributed by atoms with Crippen LogP contribution in [0.1, 0.15) is 24.0 Å². The Morgan fingerprint density at radius 3 is 2.83 bits per heavy atom. The topological polar surface area (TPSA) is 29.3 Å². The number of hydrogen-bond acceptors (Lipinski definition) is 2. The first-order chi connectivity index (χ1) is 8.69. The third-order valence-electron chi connectivity index (χ3n) is 3.09. The van der Waals surface area contributed by atoms with E-state index in [9.17, 15) is 4.39 Å². The van der Waals surface area contributed by atoms with Crippen LogP contribution in [0.15, 0.2) is 18.2 Å². The maximum Gasteiger partial charge on any atom is 0.128 e. The molecule has 0 aliphatic heterocycles. The second-order valence-corrected chi connectivity index (χ2v) is 4.95. The molecule has 1 aliphatic carbocycles. The van der Waals surface area contributed by atoms with Gasteiger partial charge in [-0.2, -0.15) is 0 Å². The predicted molar refractivity (Wildman–Crippen MR) is 71.4 cm³/mol. The number of hydrogen-bond donors (Lipinski definition) is 1. The van der Waals surface area contributed by atoms with Crippen LogP contribution < -0.4 is 5.73 Å². The maximum atomic E-state index is 13.9. The molecule has 0 unspecified atom stereocenters. The van der Waals surface area contributed by atoms with Crippen LogP contribution in [0.2, 0.25) is 0 Å². The lowest BCUT2D eigenvalue weighted by molar-refractivity contribution is 0.308. The number of rotatable bonds is 4. The predicted octanol–water partition coefficient (Wildman–Crippen LogP) is 1.98. The molecule has 1 saturated carbocycles. The van der Waals surface area contributed by atoms with Gasteiger partial charge in [0.15, 0.2) is 0 Å². The SMILES string of the molecule is CN(Cc1ccc(C#CCN)cc1F)CC1CC1. The average Bonchev–Trinajstić information content (AvgIpc) is 3.13. The molecule has 3 heteroatoms. The molecule has 1 aromatic rings. The Balaban J connectivity index is 1.99. The highest BCUT2D eigenvalue weighted by atomic mass is 19.1. The fourth-order valence-corrected chi connectivity index (χ4v) is 2.00. The van der Waals surface area contributed by atoms with Gasteiger partial charge >= 0.3 is 0 Å². The minimum absolute atomic E-state index is 0.179. The molecule has 2 rings (SSSR count). The number of halogens is 1. The van der Waals surface area contributed by atoms with Gasteiger partial charge in [0, 0.05) is 24.2 Å². The van der Waals surface area contributed by atoms with E-state index in [0.717, 1.165) is 18.0 Å². The van der Waals surface area contributed by atoms with Gasteiger partial charge < -0.3 is 10.6 Å². The Hall–Kier alpha value is -1.37. The van der Waals surface area contributed by atoms with Crippen LogP contribution in [0.5, 0.6) is 0 Å². The average molecular weight is 246 g/mol. The van der Waals surface area contributed by atoms with Crippen LogP contribution in [-0.2, 0) is 6.54 Å². The van der Waals surface area contributed by atoms with Crippen molar-refractivity contribution in [3.05, 3.63) is 35.1 Å². The molecule has 96 valence electrons. The third-order valence-corrected chi connectivity index (χ3v) is 3.09. The molecule has 2 N–H and O–H groups in total. The van der Waals surface area contributed by atoms with Crippen LogP contribution in [0.4, 0.5) is 4.39 Å². The van der Waals surface area contributed by atoms with Crippen molar-refractivity contribution < 1.29 is 4.39 Å². The van der Waals surface area contributed by atoms with Crippen molar-refractivity contribution in [3.8, 4) is 11.8 Å². The normalized spacial score (nSPS) is 14.4. The molecule has 0 radical (unpaired) electrons. The molecule has 18 heavy (non-hydrogen) atoms. The number of nitrogens with two attached hydrogens (primary N) is 1. The molecule has 0 bridgehead atoms. The summed E-state index contributed by atoms with van der Waals surface area (Å²) >= 11 is 0. The summed E-state index contributed by atoms with van der Waals surface area (Å²) < 4.78 is 13.9. The molecule has 0 saturated heterocycles. The molecule has 2 nitrogen and oxygen atoms in total. The van der Waals surface area contributed by atoms with E-state index in [-0.39, 0.29) is 5.82 Å². The molecule has 0 heterocycles. The zero-order valence-electron chi connectivity index (χ0n) is 10.7. The second kappa shape index (κ2) is 5.99. The molecule has 1 fully saturated rings. The van der Waals surface area contributed by atoms with E-state index in [0.29, 0.717) is 18.7 Å². The zero-order valence-corrected chi connectivity index (χ0v) is 10.7. The molecule has 1 aromatic carbocycles. The quantitative estimate of drug-likeness (QED) is 0.823. The molecule has 0 aromatic heterocycles. The number of nitrogens with zero attached hydrogens (tertiary/aromatic N) is 1. The van der Waals surface area contributed by atoms with Gasteiger partial charge in [-0.3, -0.25) is 0 Å². The summed E-state index contributed by atoms with van der Waals surface area (Å²) in [6, 6.07) is 5.16. The summed E-state index contributed by atoms with van der Waals surface area (Å²) in [5.41, 5.74) is 6.71. The van der Waals surface area contributed by atoms with Crippen LogP contribution in [0.25, 0.3) is 0 Å². The summed E-state index contributed by atoms with van der Waals surface area (Å²) in [5, 5.41) is 0. The summed E-state index contributed by atoms with van der Waals surface area (Å²) in [6.45, 7) is 2.02. The fraction of sp³-hybridized carbons (Fsp3) is 0.467. The zero-order chi connectivity index (χ0) is 13.0. The highest BCUT2D eigenvalue weighted by molar-refractivity contribution is 5.37. The largest absolute Gasteiger partial charge is 0.320 e. The van der Waals surface area contributed by atoms with Gasteiger partial charge in [0.2, 0.25) is 0 Å². The summed E-state index contributed by atoms with van der Waals surface area (Å²) in [6.07, 6.45) is 2.64. The Morgan fingerprint density at radius 1 is 1.44 bits per heavy atom. The van der Waals surface area contributed by atoms with Crippen molar-refractivity contribution in [2.45, 2.75) is 19.4 Å². The lowest BCUT2D eigenvalue weighted by Crippen LogP contribution is -2.21. The van der Waals surface area contributed by atoms with Crippen molar-refractivity contribution in [2.75, 3.05) is 20.1 Å². The first kappa shape index (κ1) is 13.1. The molecule has 0 spiro atoms. The van der Waals surface area contributed by atoms with E-state index in [2.05, 4.69) is 16.7 Å². The van der Waals surface area contributed by atoms with Gasteiger partial charge in [-0.05, 0) is 37.9 Å². The molecular weight excluding hydrogens is 227 g/mol. The standard InChI is InChI=1S/C15H19FN2/c1-18(10-13-4-5-13)11-14-7-6-12(3-2-8-17)9-15(14)16/h6-7,9,13H,4-5,8,10-11,17H2,1H3. The van der Waals surface area contributed by atoms with Gasteiger partial charge in [0.1, 0.15) is 5.82 Å². The Labute approximate surface area is 108 Å². The van der Waals surface area contributed by atoms with Crippen LogP contribution in [0.3, 0.4) is 0 Å². The molecule has 0 atom stereocenters. The number of benzene rings is 1. The van der Waals surface area contributed by atoms with Gasteiger partial charge in [-0.1, -0.05) is 17.9 Å². The van der Waals surface area contributed by atoms with Crippen LogP contribution in [-0.4, -0.2) is 25.0 Å². The van der Waals surface area contributed by atoms with Crippen molar-refractivity contribution >= 4 is 0 Å². The maximum absolute atomic E-state index is 13.9. The molecule has 1 aliphatic rings. The minimum atomic E-state index is -0.179. The Kier molecular flexibility index (Phi) is 4.35. The lowest BCUT2D eigenvalue weighted by Gasteiger charge is -2.16. The van der Waals surface area contributed by atoms with Gasteiger partial charge in [0.05, 0.1) is 6.54 Å². The Bertz CT molecular complexity index is 469. The smallest absolute Gasteiger partial charge is 0.128 e. The van der Waals surface area contributed by atoms with E-state index in [1.165, 1.54) is 18.9 Å². The van der Waals surface area contributed by atoms with Crippen molar-refractivity contribution in [1.29, 1.82) is 0 Å². The Morgan fingerprint density at radius 2 is 2.22 bits per heavy atom. The molecular formula is C15H19FN2. The monoisotopic (exact) mass is 246 g/mol. The summed E-state index contributed by atoms with van der Waals surface area (Å²) in [7, 11) is 2.04. The van der Waals surface area contributed by atoms with Crippen LogP contribution >= 0.6 is 0 Å².